The van der Waals surface area contributed by atoms with Crippen molar-refractivity contribution in [1.82, 2.24) is 9.88 Å². The van der Waals surface area contributed by atoms with Crippen molar-refractivity contribution in [2.75, 3.05) is 7.11 Å². The zero-order valence-corrected chi connectivity index (χ0v) is 25.6. The highest BCUT2D eigenvalue weighted by Gasteiger charge is 2.39. The highest BCUT2D eigenvalue weighted by molar-refractivity contribution is 5.71. The van der Waals surface area contributed by atoms with Crippen molar-refractivity contribution in [3.63, 3.8) is 0 Å². The molecule has 1 N–H and O–H groups in total. The number of carboxylic acid groups (broad SMARTS) is 1. The topological polar surface area (TPSA) is 71.9 Å². The zero-order valence-electron chi connectivity index (χ0n) is 25.6. The fraction of sp³-hybridized carbons (Fsp3) is 0.486. The SMILES string of the molecule is COc1cc(-c2cc(F)c(C3CCc4ccc(C(C5CC5)[C@H](C)C(=O)O)cc4O3)cc2CN(C(C)C)C(C)C)ccn1. The Labute approximate surface area is 248 Å². The lowest BCUT2D eigenvalue weighted by molar-refractivity contribution is -0.142. The molecule has 42 heavy (non-hydrogen) atoms. The lowest BCUT2D eigenvalue weighted by Crippen LogP contribution is -2.36. The van der Waals surface area contributed by atoms with Gasteiger partial charge in [-0.05, 0) is 117 Å². The molecule has 1 saturated carbocycles. The first-order valence-electron chi connectivity index (χ1n) is 15.2. The van der Waals surface area contributed by atoms with E-state index in [-0.39, 0.29) is 11.7 Å². The van der Waals surface area contributed by atoms with Crippen molar-refractivity contribution in [3.8, 4) is 22.8 Å². The number of aliphatic carboxylic acids is 1. The van der Waals surface area contributed by atoms with Crippen LogP contribution in [-0.4, -0.2) is 40.2 Å². The maximum atomic E-state index is 16.0. The number of aromatic nitrogens is 1. The smallest absolute Gasteiger partial charge is 0.306 e. The first kappa shape index (κ1) is 30.0. The van der Waals surface area contributed by atoms with Gasteiger partial charge < -0.3 is 14.6 Å². The molecule has 7 heteroatoms. The second-order valence-corrected chi connectivity index (χ2v) is 12.5. The molecular weight excluding hydrogens is 531 g/mol. The van der Waals surface area contributed by atoms with Gasteiger partial charge in [0, 0.05) is 36.5 Å². The minimum absolute atomic E-state index is 0.0465. The van der Waals surface area contributed by atoms with E-state index in [0.717, 1.165) is 52.8 Å². The number of rotatable bonds is 11. The Bertz CT molecular complexity index is 1430. The van der Waals surface area contributed by atoms with Gasteiger partial charge in [0.2, 0.25) is 5.88 Å². The summed E-state index contributed by atoms with van der Waals surface area (Å²) in [5.74, 6) is 0.0118. The summed E-state index contributed by atoms with van der Waals surface area (Å²) in [6.45, 7) is 11.2. The van der Waals surface area contributed by atoms with Crippen molar-refractivity contribution in [2.45, 2.75) is 91.0 Å². The fourth-order valence-electron chi connectivity index (χ4n) is 6.52. The van der Waals surface area contributed by atoms with E-state index in [0.29, 0.717) is 42.4 Å². The van der Waals surface area contributed by atoms with Crippen molar-refractivity contribution in [3.05, 3.63) is 76.7 Å². The Morgan fingerprint density at radius 3 is 2.45 bits per heavy atom. The zero-order chi connectivity index (χ0) is 30.1. The van der Waals surface area contributed by atoms with Gasteiger partial charge in [-0.2, -0.15) is 0 Å². The number of aryl methyl sites for hydroxylation is 1. The highest BCUT2D eigenvalue weighted by Crippen LogP contribution is 2.48. The van der Waals surface area contributed by atoms with E-state index in [2.05, 4.69) is 49.7 Å². The lowest BCUT2D eigenvalue weighted by Gasteiger charge is -2.32. The number of hydrogen-bond donors (Lipinski definition) is 1. The molecule has 2 unspecified atom stereocenters. The number of hydrogen-bond acceptors (Lipinski definition) is 5. The summed E-state index contributed by atoms with van der Waals surface area (Å²) in [6, 6.07) is 14.1. The number of benzene rings is 2. The second kappa shape index (κ2) is 12.4. The van der Waals surface area contributed by atoms with Crippen LogP contribution in [0.25, 0.3) is 11.1 Å². The summed E-state index contributed by atoms with van der Waals surface area (Å²) >= 11 is 0. The van der Waals surface area contributed by atoms with Crippen molar-refractivity contribution >= 4 is 5.97 Å². The third-order valence-corrected chi connectivity index (χ3v) is 8.98. The van der Waals surface area contributed by atoms with Crippen LogP contribution in [0, 0.1) is 17.7 Å². The second-order valence-electron chi connectivity index (χ2n) is 12.5. The van der Waals surface area contributed by atoms with Crippen LogP contribution >= 0.6 is 0 Å². The van der Waals surface area contributed by atoms with Gasteiger partial charge in [-0.25, -0.2) is 9.37 Å². The Kier molecular flexibility index (Phi) is 8.88. The molecule has 0 spiro atoms. The number of ether oxygens (including phenoxy) is 2. The molecule has 5 rings (SSSR count). The van der Waals surface area contributed by atoms with Crippen molar-refractivity contribution in [2.24, 2.45) is 11.8 Å². The molecule has 3 aromatic rings. The maximum Gasteiger partial charge on any atom is 0.306 e. The summed E-state index contributed by atoms with van der Waals surface area (Å²) in [5.41, 5.74) is 5.33. The van der Waals surface area contributed by atoms with E-state index < -0.39 is 18.0 Å². The molecule has 0 bridgehead atoms. The average molecular weight is 575 g/mol. The standard InChI is InChI=1S/C35H43FN2O4/c1-20(2)38(21(3)4)19-27-15-29(30(36)18-28(27)25-13-14-37-33(17-25)41-6)31-12-11-23-7-10-26(16-32(23)42-31)34(24-8-9-24)22(5)35(39)40/h7,10,13-18,20-22,24,31,34H,8-9,11-12,19H2,1-6H3,(H,39,40)/t22-,31?,34?/m0/s1. The van der Waals surface area contributed by atoms with Crippen LogP contribution < -0.4 is 9.47 Å². The van der Waals surface area contributed by atoms with Crippen LogP contribution in [0.2, 0.25) is 0 Å². The number of methoxy groups -OCH3 is 1. The summed E-state index contributed by atoms with van der Waals surface area (Å²) < 4.78 is 27.9. The van der Waals surface area contributed by atoms with Crippen LogP contribution in [0.3, 0.4) is 0 Å². The van der Waals surface area contributed by atoms with Gasteiger partial charge in [-0.1, -0.05) is 19.1 Å². The molecule has 1 aliphatic carbocycles. The molecule has 224 valence electrons. The Morgan fingerprint density at radius 2 is 1.81 bits per heavy atom. The number of nitrogens with zero attached hydrogens (tertiary/aromatic N) is 2. The van der Waals surface area contributed by atoms with Crippen LogP contribution in [0.4, 0.5) is 4.39 Å². The summed E-state index contributed by atoms with van der Waals surface area (Å²) in [7, 11) is 1.58. The number of fused-ring (bicyclic) bond motifs is 1. The van der Waals surface area contributed by atoms with Crippen LogP contribution in [-0.2, 0) is 17.8 Å². The van der Waals surface area contributed by atoms with Gasteiger partial charge in [0.05, 0.1) is 13.0 Å². The summed E-state index contributed by atoms with van der Waals surface area (Å²) in [5, 5.41) is 9.75. The average Bonchev–Trinajstić information content (AvgIpc) is 3.80. The molecule has 2 aromatic carbocycles. The fourth-order valence-corrected chi connectivity index (χ4v) is 6.52. The predicted octanol–water partition coefficient (Wildman–Crippen LogP) is 7.80. The van der Waals surface area contributed by atoms with Gasteiger partial charge in [-0.15, -0.1) is 0 Å². The van der Waals surface area contributed by atoms with E-state index in [1.807, 2.05) is 24.3 Å². The van der Waals surface area contributed by atoms with E-state index in [1.165, 1.54) is 0 Å². The van der Waals surface area contributed by atoms with Gasteiger partial charge in [0.15, 0.2) is 0 Å². The van der Waals surface area contributed by atoms with E-state index in [9.17, 15) is 9.90 Å². The van der Waals surface area contributed by atoms with Crippen molar-refractivity contribution in [1.29, 1.82) is 0 Å². The van der Waals surface area contributed by atoms with E-state index in [1.54, 1.807) is 26.3 Å². The molecule has 0 radical (unpaired) electrons. The monoisotopic (exact) mass is 574 g/mol. The van der Waals surface area contributed by atoms with E-state index in [4.69, 9.17) is 9.47 Å². The predicted molar refractivity (Wildman–Crippen MR) is 162 cm³/mol. The van der Waals surface area contributed by atoms with Crippen LogP contribution in [0.15, 0.2) is 48.7 Å². The molecule has 1 aromatic heterocycles. The molecule has 6 nitrogen and oxygen atoms in total. The number of pyridine rings is 1. The molecule has 2 aliphatic rings. The largest absolute Gasteiger partial charge is 0.485 e. The summed E-state index contributed by atoms with van der Waals surface area (Å²) in [6.07, 6.45) is 4.79. The highest BCUT2D eigenvalue weighted by atomic mass is 19.1. The Balaban J connectivity index is 1.51. The molecule has 3 atom stereocenters. The molecule has 0 amide bonds. The molecule has 1 aliphatic heterocycles. The third kappa shape index (κ3) is 6.31. The Hall–Kier alpha value is -3.45. The first-order valence-corrected chi connectivity index (χ1v) is 15.2. The van der Waals surface area contributed by atoms with Crippen molar-refractivity contribution < 1.29 is 23.8 Å². The van der Waals surface area contributed by atoms with Gasteiger partial charge >= 0.3 is 5.97 Å². The van der Waals surface area contributed by atoms with Crippen LogP contribution in [0.5, 0.6) is 11.6 Å². The maximum absolute atomic E-state index is 16.0. The Morgan fingerprint density at radius 1 is 1.07 bits per heavy atom. The third-order valence-electron chi connectivity index (χ3n) is 8.98. The molecule has 1 fully saturated rings. The molecule has 0 saturated heterocycles. The van der Waals surface area contributed by atoms with Gasteiger partial charge in [0.1, 0.15) is 17.7 Å². The van der Waals surface area contributed by atoms with Gasteiger partial charge in [-0.3, -0.25) is 9.69 Å². The minimum atomic E-state index is -0.776. The quantitative estimate of drug-likeness (QED) is 0.252. The minimum Gasteiger partial charge on any atom is -0.485 e. The normalized spacial score (nSPS) is 18.1. The van der Waals surface area contributed by atoms with Crippen LogP contribution in [0.1, 0.15) is 88.2 Å². The first-order chi connectivity index (χ1) is 20.1. The number of carboxylic acids is 1. The van der Waals surface area contributed by atoms with E-state index >= 15 is 4.39 Å². The molecular formula is C35H43FN2O4. The molecule has 2 heterocycles. The van der Waals surface area contributed by atoms with Gasteiger partial charge in [0.25, 0.3) is 0 Å². The number of carbonyl (C=O) groups is 1. The lowest BCUT2D eigenvalue weighted by atomic mass is 9.82. The number of halogens is 1. The summed E-state index contributed by atoms with van der Waals surface area (Å²) in [4.78, 5) is 18.5.